The molecule has 0 saturated carbocycles. The van der Waals surface area contributed by atoms with Gasteiger partial charge >= 0.3 is 0 Å². The largest absolute Gasteiger partial charge is 0.350 e. The minimum atomic E-state index is -0.211. The molecule has 5 nitrogen and oxygen atoms in total. The zero-order valence-corrected chi connectivity index (χ0v) is 16.1. The molecule has 0 radical (unpaired) electrons. The Hall–Kier alpha value is -2.25. The molecule has 3 rings (SSSR count). The van der Waals surface area contributed by atoms with Crippen molar-refractivity contribution in [3.05, 3.63) is 58.7 Å². The van der Waals surface area contributed by atoms with Crippen molar-refractivity contribution in [3.8, 4) is 0 Å². The maximum absolute atomic E-state index is 12.4. The van der Waals surface area contributed by atoms with Crippen LogP contribution in [0, 0.1) is 0 Å². The summed E-state index contributed by atoms with van der Waals surface area (Å²) in [5.41, 5.74) is 2.06. The van der Waals surface area contributed by atoms with Crippen LogP contribution in [0.5, 0.6) is 0 Å². The number of fused-ring (bicyclic) bond motifs is 1. The molecular weight excluding hydrogens is 402 g/mol. The van der Waals surface area contributed by atoms with Crippen molar-refractivity contribution in [1.82, 2.24) is 9.88 Å². The van der Waals surface area contributed by atoms with Gasteiger partial charge in [-0.1, -0.05) is 22.0 Å². The number of halogens is 1. The first-order valence-corrected chi connectivity index (χ1v) is 9.12. The maximum atomic E-state index is 12.4. The van der Waals surface area contributed by atoms with Crippen LogP contribution in [-0.2, 0) is 0 Å². The fourth-order valence-corrected chi connectivity index (χ4v) is 3.24. The molecular formula is C18H16BrN3O2S. The Morgan fingerprint density at radius 1 is 1.08 bits per heavy atom. The van der Waals surface area contributed by atoms with E-state index in [1.165, 1.54) is 4.90 Å². The molecule has 1 aromatic heterocycles. The summed E-state index contributed by atoms with van der Waals surface area (Å²) in [6, 6.07) is 14.8. The van der Waals surface area contributed by atoms with E-state index in [1.807, 2.05) is 36.4 Å². The van der Waals surface area contributed by atoms with E-state index in [0.717, 1.165) is 32.0 Å². The van der Waals surface area contributed by atoms with Crippen LogP contribution in [0.1, 0.15) is 10.5 Å². The minimum Gasteiger partial charge on any atom is -0.350 e. The lowest BCUT2D eigenvalue weighted by atomic mass is 10.2. The SMILES string of the molecule is CN(C)C(=O)Sc1ccc(NC(=O)c2cc3ccc(Br)cc3[nH]2)cc1. The predicted octanol–water partition coefficient (Wildman–Crippen LogP) is 4.96. The van der Waals surface area contributed by atoms with E-state index in [-0.39, 0.29) is 11.1 Å². The quantitative estimate of drug-likeness (QED) is 0.592. The second-order valence-electron chi connectivity index (χ2n) is 5.66. The van der Waals surface area contributed by atoms with Crippen molar-refractivity contribution in [2.45, 2.75) is 4.90 Å². The molecule has 0 aliphatic rings. The molecule has 0 saturated heterocycles. The summed E-state index contributed by atoms with van der Waals surface area (Å²) in [4.78, 5) is 29.5. The number of aromatic amines is 1. The highest BCUT2D eigenvalue weighted by atomic mass is 79.9. The van der Waals surface area contributed by atoms with Gasteiger partial charge in [-0.25, -0.2) is 0 Å². The van der Waals surface area contributed by atoms with E-state index in [0.29, 0.717) is 11.4 Å². The van der Waals surface area contributed by atoms with Gasteiger partial charge in [0.2, 0.25) is 0 Å². The molecule has 0 atom stereocenters. The van der Waals surface area contributed by atoms with Crippen molar-refractivity contribution in [2.24, 2.45) is 0 Å². The molecule has 0 aliphatic heterocycles. The molecule has 0 unspecified atom stereocenters. The minimum absolute atomic E-state index is 0.0407. The lowest BCUT2D eigenvalue weighted by molar-refractivity contribution is 0.102. The number of carbonyl (C=O) groups is 2. The van der Waals surface area contributed by atoms with Crippen molar-refractivity contribution >= 4 is 55.4 Å². The number of H-pyrrole nitrogens is 1. The fourth-order valence-electron chi connectivity index (χ4n) is 2.22. The zero-order valence-electron chi connectivity index (χ0n) is 13.7. The van der Waals surface area contributed by atoms with Gasteiger partial charge in [-0.2, -0.15) is 0 Å². The van der Waals surface area contributed by atoms with Gasteiger partial charge in [0.05, 0.1) is 0 Å². The Labute approximate surface area is 157 Å². The molecule has 2 aromatic carbocycles. The highest BCUT2D eigenvalue weighted by Gasteiger charge is 2.11. The number of thioether (sulfide) groups is 1. The molecule has 25 heavy (non-hydrogen) atoms. The fraction of sp³-hybridized carbons (Fsp3) is 0.111. The van der Waals surface area contributed by atoms with Gasteiger partial charge in [-0.05, 0) is 54.2 Å². The zero-order chi connectivity index (χ0) is 18.0. The third-order valence-corrected chi connectivity index (χ3v) is 5.05. The standard InChI is InChI=1S/C18H16BrN3O2S/c1-22(2)18(24)25-14-7-5-13(6-8-14)20-17(23)16-9-11-3-4-12(19)10-15(11)21-16/h3-10,21H,1-2H3,(H,20,23). The van der Waals surface area contributed by atoms with Gasteiger partial charge in [0.25, 0.3) is 11.1 Å². The summed E-state index contributed by atoms with van der Waals surface area (Å²) in [6.45, 7) is 0. The van der Waals surface area contributed by atoms with E-state index in [9.17, 15) is 9.59 Å². The Morgan fingerprint density at radius 2 is 1.80 bits per heavy atom. The van der Waals surface area contributed by atoms with E-state index >= 15 is 0 Å². The number of hydrogen-bond acceptors (Lipinski definition) is 3. The molecule has 0 aliphatic carbocycles. The average Bonchev–Trinajstić information content (AvgIpc) is 2.99. The predicted molar refractivity (Wildman–Crippen MR) is 105 cm³/mol. The van der Waals surface area contributed by atoms with Gasteiger partial charge in [0.15, 0.2) is 0 Å². The number of nitrogens with zero attached hydrogens (tertiary/aromatic N) is 1. The number of carbonyl (C=O) groups excluding carboxylic acids is 2. The molecule has 2 N–H and O–H groups in total. The summed E-state index contributed by atoms with van der Waals surface area (Å²) in [6.07, 6.45) is 0. The molecule has 0 spiro atoms. The molecule has 3 aromatic rings. The van der Waals surface area contributed by atoms with E-state index < -0.39 is 0 Å². The Kier molecular flexibility index (Phi) is 5.15. The maximum Gasteiger partial charge on any atom is 0.285 e. The smallest absolute Gasteiger partial charge is 0.285 e. The lowest BCUT2D eigenvalue weighted by Gasteiger charge is -2.09. The number of anilines is 1. The first kappa shape index (κ1) is 17.6. The summed E-state index contributed by atoms with van der Waals surface area (Å²) < 4.78 is 0.953. The number of hydrogen-bond donors (Lipinski definition) is 2. The Balaban J connectivity index is 1.70. The van der Waals surface area contributed by atoms with E-state index in [1.54, 1.807) is 26.2 Å². The molecule has 0 fully saturated rings. The van der Waals surface area contributed by atoms with Crippen LogP contribution in [0.2, 0.25) is 0 Å². The summed E-state index contributed by atoms with van der Waals surface area (Å²) in [5.74, 6) is -0.211. The number of nitrogens with one attached hydrogen (secondary N) is 2. The lowest BCUT2D eigenvalue weighted by Crippen LogP contribution is -2.16. The van der Waals surface area contributed by atoms with Crippen LogP contribution in [0.3, 0.4) is 0 Å². The first-order valence-electron chi connectivity index (χ1n) is 7.51. The topological polar surface area (TPSA) is 65.2 Å². The van der Waals surface area contributed by atoms with Crippen LogP contribution in [0.4, 0.5) is 10.5 Å². The molecule has 7 heteroatoms. The molecule has 2 amide bonds. The normalized spacial score (nSPS) is 10.7. The van der Waals surface area contributed by atoms with Gasteiger partial charge in [-0.15, -0.1) is 0 Å². The van der Waals surface area contributed by atoms with Crippen molar-refractivity contribution in [1.29, 1.82) is 0 Å². The van der Waals surface area contributed by atoms with Crippen LogP contribution < -0.4 is 5.32 Å². The number of rotatable bonds is 3. The summed E-state index contributed by atoms with van der Waals surface area (Å²) in [7, 11) is 3.42. The Morgan fingerprint density at radius 3 is 2.48 bits per heavy atom. The van der Waals surface area contributed by atoms with E-state index in [2.05, 4.69) is 26.2 Å². The molecule has 1 heterocycles. The van der Waals surface area contributed by atoms with Gasteiger partial charge < -0.3 is 15.2 Å². The van der Waals surface area contributed by atoms with Crippen LogP contribution in [0.25, 0.3) is 10.9 Å². The third-order valence-electron chi connectivity index (χ3n) is 3.51. The number of amides is 2. The second-order valence-corrected chi connectivity index (χ2v) is 7.60. The number of benzene rings is 2. The first-order chi connectivity index (χ1) is 11.9. The molecule has 128 valence electrons. The average molecular weight is 418 g/mol. The van der Waals surface area contributed by atoms with Gasteiger partial charge in [0.1, 0.15) is 5.69 Å². The summed E-state index contributed by atoms with van der Waals surface area (Å²) >= 11 is 4.56. The van der Waals surface area contributed by atoms with Crippen molar-refractivity contribution < 1.29 is 9.59 Å². The van der Waals surface area contributed by atoms with Crippen LogP contribution in [0.15, 0.2) is 57.9 Å². The van der Waals surface area contributed by atoms with Crippen molar-refractivity contribution in [3.63, 3.8) is 0 Å². The van der Waals surface area contributed by atoms with E-state index in [4.69, 9.17) is 0 Å². The third kappa shape index (κ3) is 4.24. The van der Waals surface area contributed by atoms with Crippen LogP contribution >= 0.6 is 27.7 Å². The highest BCUT2D eigenvalue weighted by molar-refractivity contribution is 9.10. The summed E-state index contributed by atoms with van der Waals surface area (Å²) in [5, 5.41) is 3.78. The Bertz CT molecular complexity index is 935. The van der Waals surface area contributed by atoms with Gasteiger partial charge in [-0.3, -0.25) is 9.59 Å². The second kappa shape index (κ2) is 7.33. The monoisotopic (exact) mass is 417 g/mol. The van der Waals surface area contributed by atoms with Gasteiger partial charge in [0, 0.05) is 40.1 Å². The highest BCUT2D eigenvalue weighted by Crippen LogP contribution is 2.24. The number of aromatic nitrogens is 1. The van der Waals surface area contributed by atoms with Crippen molar-refractivity contribution in [2.75, 3.05) is 19.4 Å². The van der Waals surface area contributed by atoms with Crippen LogP contribution in [-0.4, -0.2) is 35.1 Å². The molecule has 0 bridgehead atoms.